The maximum atomic E-state index is 6.42. The van der Waals surface area contributed by atoms with Crippen LogP contribution in [0, 0.1) is 0 Å². The van der Waals surface area contributed by atoms with Crippen LogP contribution in [0.1, 0.15) is 11.1 Å². The summed E-state index contributed by atoms with van der Waals surface area (Å²) in [7, 11) is 0. The largest absolute Gasteiger partial charge is 0.120 e. The standard InChI is InChI=1S/C15H10Cl2/c16-13-14(17)15(13)11-7-3-1-5-9(11)10-6-2-4-8-12(10)15/h1-8,13-14H/t13-,14-/m1/s1. The van der Waals surface area contributed by atoms with E-state index in [2.05, 4.69) is 48.5 Å². The van der Waals surface area contributed by atoms with Crippen LogP contribution in [0.3, 0.4) is 0 Å². The Bertz CT molecular complexity index is 562. The van der Waals surface area contributed by atoms with Crippen LogP contribution < -0.4 is 0 Å². The Labute approximate surface area is 110 Å². The number of benzene rings is 2. The van der Waals surface area contributed by atoms with E-state index in [4.69, 9.17) is 23.2 Å². The smallest absolute Gasteiger partial charge is 0.0664 e. The fraction of sp³-hybridized carbons (Fsp3) is 0.200. The van der Waals surface area contributed by atoms with Gasteiger partial charge in [0.1, 0.15) is 0 Å². The van der Waals surface area contributed by atoms with Gasteiger partial charge in [0.25, 0.3) is 0 Å². The van der Waals surface area contributed by atoms with Crippen molar-refractivity contribution in [2.24, 2.45) is 0 Å². The fourth-order valence-corrected chi connectivity index (χ4v) is 4.26. The van der Waals surface area contributed by atoms with Crippen LogP contribution in [0.5, 0.6) is 0 Å². The molecule has 4 rings (SSSR count). The summed E-state index contributed by atoms with van der Waals surface area (Å²) in [6.45, 7) is 0. The molecule has 0 nitrogen and oxygen atoms in total. The summed E-state index contributed by atoms with van der Waals surface area (Å²) in [5.41, 5.74) is 5.02. The molecule has 0 aliphatic heterocycles. The minimum atomic E-state index is -0.143. The van der Waals surface area contributed by atoms with Crippen molar-refractivity contribution in [1.82, 2.24) is 0 Å². The average Bonchev–Trinajstić information content (AvgIpc) is 2.81. The molecule has 1 fully saturated rings. The van der Waals surface area contributed by atoms with Gasteiger partial charge in [-0.1, -0.05) is 48.5 Å². The van der Waals surface area contributed by atoms with Gasteiger partial charge in [-0.2, -0.15) is 0 Å². The third kappa shape index (κ3) is 0.978. The molecular formula is C15H10Cl2. The van der Waals surface area contributed by atoms with Crippen LogP contribution in [-0.4, -0.2) is 10.8 Å². The second-order valence-electron chi connectivity index (χ2n) is 4.76. The molecule has 0 saturated heterocycles. The van der Waals surface area contributed by atoms with Crippen molar-refractivity contribution in [1.29, 1.82) is 0 Å². The summed E-state index contributed by atoms with van der Waals surface area (Å²) in [6.07, 6.45) is 0. The normalized spacial score (nSPS) is 26.7. The number of hydrogen-bond donors (Lipinski definition) is 0. The number of fused-ring (bicyclic) bond motifs is 5. The zero-order valence-corrected chi connectivity index (χ0v) is 10.5. The molecule has 0 unspecified atom stereocenters. The molecular weight excluding hydrogens is 251 g/mol. The lowest BCUT2D eigenvalue weighted by molar-refractivity contribution is 0.884. The van der Waals surface area contributed by atoms with Gasteiger partial charge in [-0.25, -0.2) is 0 Å². The van der Waals surface area contributed by atoms with E-state index in [1.165, 1.54) is 22.3 Å². The molecule has 2 aliphatic rings. The lowest BCUT2D eigenvalue weighted by Crippen LogP contribution is -2.10. The highest BCUT2D eigenvalue weighted by molar-refractivity contribution is 6.37. The molecule has 2 atom stereocenters. The summed E-state index contributed by atoms with van der Waals surface area (Å²) in [4.78, 5) is 0. The van der Waals surface area contributed by atoms with Crippen LogP contribution >= 0.6 is 23.2 Å². The van der Waals surface area contributed by atoms with Gasteiger partial charge in [-0.3, -0.25) is 0 Å². The van der Waals surface area contributed by atoms with Crippen molar-refractivity contribution >= 4 is 23.2 Å². The van der Waals surface area contributed by atoms with Gasteiger partial charge in [-0.15, -0.1) is 23.2 Å². The van der Waals surface area contributed by atoms with Gasteiger partial charge in [0, 0.05) is 0 Å². The molecule has 0 aromatic heterocycles. The molecule has 0 bridgehead atoms. The minimum absolute atomic E-state index is 0.00830. The first kappa shape index (κ1) is 9.99. The van der Waals surface area contributed by atoms with Crippen LogP contribution in [0.4, 0.5) is 0 Å². The highest BCUT2D eigenvalue weighted by atomic mass is 35.5. The van der Waals surface area contributed by atoms with Crippen LogP contribution in [-0.2, 0) is 5.41 Å². The fourth-order valence-electron chi connectivity index (χ4n) is 3.20. The van der Waals surface area contributed by atoms with Crippen molar-refractivity contribution in [3.05, 3.63) is 59.7 Å². The predicted molar refractivity (Wildman–Crippen MR) is 71.9 cm³/mol. The summed E-state index contributed by atoms with van der Waals surface area (Å²) < 4.78 is 0. The van der Waals surface area contributed by atoms with E-state index >= 15 is 0 Å². The summed E-state index contributed by atoms with van der Waals surface area (Å²) in [6, 6.07) is 16.9. The van der Waals surface area contributed by atoms with Crippen molar-refractivity contribution in [3.8, 4) is 11.1 Å². The third-order valence-corrected chi connectivity index (χ3v) is 5.37. The van der Waals surface area contributed by atoms with Crippen molar-refractivity contribution in [2.45, 2.75) is 16.2 Å². The Morgan fingerprint density at radius 1 is 0.706 bits per heavy atom. The third-order valence-electron chi connectivity index (χ3n) is 4.05. The predicted octanol–water partition coefficient (Wildman–Crippen LogP) is 4.18. The Hall–Kier alpha value is -0.980. The van der Waals surface area contributed by atoms with E-state index in [1.807, 2.05) is 0 Å². The average molecular weight is 261 g/mol. The molecule has 2 heteroatoms. The van der Waals surface area contributed by atoms with Crippen molar-refractivity contribution in [2.75, 3.05) is 0 Å². The van der Waals surface area contributed by atoms with E-state index in [0.717, 1.165) is 0 Å². The Kier molecular flexibility index (Phi) is 1.80. The second-order valence-corrected chi connectivity index (χ2v) is 5.70. The SMILES string of the molecule is Cl[C@@H]1[C@@H](Cl)C12c1ccccc1-c1ccccc12. The number of alkyl halides is 2. The van der Waals surface area contributed by atoms with Crippen LogP contribution in [0.25, 0.3) is 11.1 Å². The van der Waals surface area contributed by atoms with Crippen LogP contribution in [0.15, 0.2) is 48.5 Å². The molecule has 0 heterocycles. The van der Waals surface area contributed by atoms with Gasteiger partial charge in [0.2, 0.25) is 0 Å². The number of rotatable bonds is 0. The highest BCUT2D eigenvalue weighted by Crippen LogP contribution is 2.66. The Morgan fingerprint density at radius 2 is 1.12 bits per heavy atom. The van der Waals surface area contributed by atoms with Crippen molar-refractivity contribution < 1.29 is 0 Å². The van der Waals surface area contributed by atoms with E-state index in [1.54, 1.807) is 0 Å². The molecule has 17 heavy (non-hydrogen) atoms. The zero-order valence-electron chi connectivity index (χ0n) is 9.03. The van der Waals surface area contributed by atoms with Gasteiger partial charge in [-0.05, 0) is 22.3 Å². The lowest BCUT2D eigenvalue weighted by Gasteiger charge is -2.11. The monoisotopic (exact) mass is 260 g/mol. The first-order valence-electron chi connectivity index (χ1n) is 5.75. The van der Waals surface area contributed by atoms with Crippen LogP contribution in [0.2, 0.25) is 0 Å². The topological polar surface area (TPSA) is 0 Å². The van der Waals surface area contributed by atoms with Gasteiger partial charge >= 0.3 is 0 Å². The van der Waals surface area contributed by atoms with E-state index in [-0.39, 0.29) is 16.2 Å². The number of hydrogen-bond acceptors (Lipinski definition) is 0. The molecule has 84 valence electrons. The van der Waals surface area contributed by atoms with E-state index < -0.39 is 0 Å². The zero-order chi connectivity index (χ0) is 11.6. The molecule has 2 aromatic carbocycles. The molecule has 0 radical (unpaired) electrons. The Balaban J connectivity index is 2.11. The van der Waals surface area contributed by atoms with Gasteiger partial charge < -0.3 is 0 Å². The summed E-state index contributed by atoms with van der Waals surface area (Å²) in [5.74, 6) is 0. The maximum Gasteiger partial charge on any atom is 0.0664 e. The van der Waals surface area contributed by atoms with E-state index in [0.29, 0.717) is 0 Å². The Morgan fingerprint density at radius 3 is 1.53 bits per heavy atom. The highest BCUT2D eigenvalue weighted by Gasteiger charge is 2.68. The molecule has 0 amide bonds. The summed E-state index contributed by atoms with van der Waals surface area (Å²) >= 11 is 12.8. The lowest BCUT2D eigenvalue weighted by atomic mass is 9.94. The van der Waals surface area contributed by atoms with E-state index in [9.17, 15) is 0 Å². The molecule has 0 N–H and O–H groups in total. The van der Waals surface area contributed by atoms with Crippen molar-refractivity contribution in [3.63, 3.8) is 0 Å². The molecule has 1 saturated carbocycles. The maximum absolute atomic E-state index is 6.42. The first-order chi connectivity index (χ1) is 8.28. The minimum Gasteiger partial charge on any atom is -0.120 e. The molecule has 2 aliphatic carbocycles. The number of halogens is 2. The van der Waals surface area contributed by atoms with Gasteiger partial charge in [0.05, 0.1) is 16.2 Å². The molecule has 1 spiro atoms. The quantitative estimate of drug-likeness (QED) is 0.624. The molecule has 2 aromatic rings. The summed E-state index contributed by atoms with van der Waals surface area (Å²) in [5, 5.41) is 0.0166. The second kappa shape index (κ2) is 3.07. The van der Waals surface area contributed by atoms with Gasteiger partial charge in [0.15, 0.2) is 0 Å². The first-order valence-corrected chi connectivity index (χ1v) is 6.62.